The maximum absolute atomic E-state index is 12.3. The number of guanidine groups is 1. The van der Waals surface area contributed by atoms with E-state index in [1.165, 1.54) is 11.1 Å². The molecular weight excluding hydrogens is 378 g/mol. The van der Waals surface area contributed by atoms with E-state index in [0.717, 1.165) is 64.9 Å². The van der Waals surface area contributed by atoms with Gasteiger partial charge in [0.2, 0.25) is 5.91 Å². The number of nitrogens with zero attached hydrogens (tertiary/aromatic N) is 3. The lowest BCUT2D eigenvalue weighted by atomic mass is 10.1. The van der Waals surface area contributed by atoms with Crippen molar-refractivity contribution in [3.63, 3.8) is 0 Å². The highest BCUT2D eigenvalue weighted by atomic mass is 16.5. The van der Waals surface area contributed by atoms with E-state index in [0.29, 0.717) is 6.54 Å². The van der Waals surface area contributed by atoms with Gasteiger partial charge in [-0.3, -0.25) is 9.69 Å². The largest absolute Gasteiger partial charge is 0.379 e. The van der Waals surface area contributed by atoms with Gasteiger partial charge in [0.25, 0.3) is 0 Å². The number of amides is 1. The molecule has 0 bridgehead atoms. The molecule has 0 aromatic heterocycles. The Balaban J connectivity index is 1.60. The summed E-state index contributed by atoms with van der Waals surface area (Å²) in [5.74, 6) is 1.11. The van der Waals surface area contributed by atoms with Crippen molar-refractivity contribution in [1.29, 1.82) is 0 Å². The highest BCUT2D eigenvalue weighted by Gasteiger charge is 2.28. The lowest BCUT2D eigenvalue weighted by Gasteiger charge is -2.27. The molecule has 2 saturated heterocycles. The number of benzene rings is 1. The monoisotopic (exact) mass is 415 g/mol. The van der Waals surface area contributed by atoms with Crippen LogP contribution in [0.4, 0.5) is 0 Å². The molecule has 1 unspecified atom stereocenters. The fraction of sp³-hybridized carbons (Fsp3) is 0.652. The molecule has 1 aromatic carbocycles. The van der Waals surface area contributed by atoms with Crippen molar-refractivity contribution in [3.05, 3.63) is 35.4 Å². The fourth-order valence-corrected chi connectivity index (χ4v) is 3.99. The van der Waals surface area contributed by atoms with E-state index in [9.17, 15) is 4.79 Å². The third-order valence-electron chi connectivity index (χ3n) is 5.70. The van der Waals surface area contributed by atoms with E-state index >= 15 is 0 Å². The number of morpholine rings is 1. The molecule has 2 heterocycles. The molecule has 0 spiro atoms. The maximum atomic E-state index is 12.3. The molecule has 166 valence electrons. The molecule has 0 radical (unpaired) electrons. The second kappa shape index (κ2) is 11.3. The van der Waals surface area contributed by atoms with Crippen LogP contribution in [0.1, 0.15) is 38.3 Å². The first-order valence-electron chi connectivity index (χ1n) is 11.3. The van der Waals surface area contributed by atoms with Gasteiger partial charge < -0.3 is 20.3 Å². The van der Waals surface area contributed by atoms with Crippen LogP contribution in [0.2, 0.25) is 0 Å². The molecule has 30 heavy (non-hydrogen) atoms. The number of carbonyl (C=O) groups excluding carboxylic acids is 1. The standard InChI is InChI=1S/C23H37N5O2/c1-4-24-23(26-21-9-10-28(17-21)22(29)18(2)3)25-15-19-7-5-6-8-20(19)16-27-11-13-30-14-12-27/h5-8,18,21H,4,9-17H2,1-3H3,(H2,24,25,26). The quantitative estimate of drug-likeness (QED) is 0.525. The Bertz CT molecular complexity index is 715. The molecule has 3 rings (SSSR count). The molecule has 7 heteroatoms. The van der Waals surface area contributed by atoms with Gasteiger partial charge in [-0.05, 0) is 24.5 Å². The van der Waals surface area contributed by atoms with Crippen molar-refractivity contribution in [2.45, 2.75) is 46.3 Å². The van der Waals surface area contributed by atoms with Crippen LogP contribution in [0, 0.1) is 5.92 Å². The number of likely N-dealkylation sites (tertiary alicyclic amines) is 1. The lowest BCUT2D eigenvalue weighted by Crippen LogP contribution is -2.45. The summed E-state index contributed by atoms with van der Waals surface area (Å²) >= 11 is 0. The second-order valence-electron chi connectivity index (χ2n) is 8.42. The van der Waals surface area contributed by atoms with Gasteiger partial charge >= 0.3 is 0 Å². The van der Waals surface area contributed by atoms with Crippen molar-refractivity contribution < 1.29 is 9.53 Å². The Kier molecular flexibility index (Phi) is 8.51. The first-order valence-corrected chi connectivity index (χ1v) is 11.3. The molecule has 2 aliphatic rings. The molecule has 7 nitrogen and oxygen atoms in total. The zero-order chi connectivity index (χ0) is 21.3. The van der Waals surface area contributed by atoms with E-state index < -0.39 is 0 Å². The molecule has 2 fully saturated rings. The van der Waals surface area contributed by atoms with Crippen LogP contribution in [-0.4, -0.2) is 73.6 Å². The number of hydrogen-bond acceptors (Lipinski definition) is 4. The molecule has 1 amide bonds. The normalized spacial score (nSPS) is 20.6. The van der Waals surface area contributed by atoms with E-state index in [1.54, 1.807) is 0 Å². The van der Waals surface area contributed by atoms with Crippen molar-refractivity contribution >= 4 is 11.9 Å². The predicted octanol–water partition coefficient (Wildman–Crippen LogP) is 1.83. The number of hydrogen-bond donors (Lipinski definition) is 2. The van der Waals surface area contributed by atoms with Crippen LogP contribution in [0.15, 0.2) is 29.3 Å². The van der Waals surface area contributed by atoms with Gasteiger partial charge in [0.1, 0.15) is 0 Å². The SMILES string of the molecule is CCNC(=NCc1ccccc1CN1CCOCC1)NC1CCN(C(=O)C(C)C)C1. The van der Waals surface area contributed by atoms with Gasteiger partial charge in [-0.2, -0.15) is 0 Å². The Morgan fingerprint density at radius 1 is 1.20 bits per heavy atom. The van der Waals surface area contributed by atoms with Crippen molar-refractivity contribution in [2.75, 3.05) is 45.9 Å². The average molecular weight is 416 g/mol. The number of nitrogens with one attached hydrogen (secondary N) is 2. The summed E-state index contributed by atoms with van der Waals surface area (Å²) in [4.78, 5) is 21.5. The number of rotatable bonds is 7. The summed E-state index contributed by atoms with van der Waals surface area (Å²) in [6.07, 6.45) is 0.955. The Labute approximate surface area is 180 Å². The smallest absolute Gasteiger partial charge is 0.225 e. The molecule has 2 aliphatic heterocycles. The average Bonchev–Trinajstić information content (AvgIpc) is 3.21. The van der Waals surface area contributed by atoms with E-state index in [2.05, 4.69) is 46.7 Å². The number of ether oxygens (including phenoxy) is 1. The Morgan fingerprint density at radius 3 is 2.63 bits per heavy atom. The van der Waals surface area contributed by atoms with Crippen molar-refractivity contribution in [3.8, 4) is 0 Å². The van der Waals surface area contributed by atoms with Crippen LogP contribution in [0.5, 0.6) is 0 Å². The minimum Gasteiger partial charge on any atom is -0.379 e. The van der Waals surface area contributed by atoms with Gasteiger partial charge in [-0.15, -0.1) is 0 Å². The van der Waals surface area contributed by atoms with Gasteiger partial charge in [0, 0.05) is 51.2 Å². The molecule has 0 aliphatic carbocycles. The summed E-state index contributed by atoms with van der Waals surface area (Å²) in [5.41, 5.74) is 2.58. The maximum Gasteiger partial charge on any atom is 0.225 e. The topological polar surface area (TPSA) is 69.2 Å². The van der Waals surface area contributed by atoms with Crippen LogP contribution in [0.3, 0.4) is 0 Å². The fourth-order valence-electron chi connectivity index (χ4n) is 3.99. The van der Waals surface area contributed by atoms with Crippen molar-refractivity contribution in [2.24, 2.45) is 10.9 Å². The van der Waals surface area contributed by atoms with Gasteiger partial charge in [0.05, 0.1) is 19.8 Å². The molecule has 0 saturated carbocycles. The van der Waals surface area contributed by atoms with Gasteiger partial charge in [-0.25, -0.2) is 4.99 Å². The van der Waals surface area contributed by atoms with E-state index in [-0.39, 0.29) is 17.9 Å². The van der Waals surface area contributed by atoms with Crippen LogP contribution in [-0.2, 0) is 22.6 Å². The summed E-state index contributed by atoms with van der Waals surface area (Å²) in [6, 6.07) is 8.80. The number of carbonyl (C=O) groups is 1. The Morgan fingerprint density at radius 2 is 1.93 bits per heavy atom. The third kappa shape index (κ3) is 6.44. The van der Waals surface area contributed by atoms with Crippen LogP contribution in [0.25, 0.3) is 0 Å². The third-order valence-corrected chi connectivity index (χ3v) is 5.70. The van der Waals surface area contributed by atoms with Crippen LogP contribution < -0.4 is 10.6 Å². The Hall–Kier alpha value is -2.12. The van der Waals surface area contributed by atoms with E-state index in [4.69, 9.17) is 9.73 Å². The second-order valence-corrected chi connectivity index (χ2v) is 8.42. The molecular formula is C23H37N5O2. The molecule has 2 N–H and O–H groups in total. The molecule has 1 atom stereocenters. The summed E-state index contributed by atoms with van der Waals surface area (Å²) in [5, 5.41) is 6.89. The van der Waals surface area contributed by atoms with Crippen LogP contribution >= 0.6 is 0 Å². The predicted molar refractivity (Wildman–Crippen MR) is 120 cm³/mol. The zero-order valence-electron chi connectivity index (χ0n) is 18.7. The lowest BCUT2D eigenvalue weighted by molar-refractivity contribution is -0.133. The van der Waals surface area contributed by atoms with Gasteiger partial charge in [-0.1, -0.05) is 38.1 Å². The van der Waals surface area contributed by atoms with Gasteiger partial charge in [0.15, 0.2) is 5.96 Å². The number of aliphatic imine (C=N–C) groups is 1. The summed E-state index contributed by atoms with van der Waals surface area (Å²) in [7, 11) is 0. The summed E-state index contributed by atoms with van der Waals surface area (Å²) < 4.78 is 5.47. The first-order chi connectivity index (χ1) is 14.6. The summed E-state index contributed by atoms with van der Waals surface area (Å²) in [6.45, 7) is 13.5. The minimum atomic E-state index is 0.0497. The highest BCUT2D eigenvalue weighted by molar-refractivity contribution is 5.81. The van der Waals surface area contributed by atoms with E-state index in [1.807, 2.05) is 18.7 Å². The highest BCUT2D eigenvalue weighted by Crippen LogP contribution is 2.15. The van der Waals surface area contributed by atoms with Crippen molar-refractivity contribution in [1.82, 2.24) is 20.4 Å². The first kappa shape index (κ1) is 22.6. The molecule has 1 aromatic rings. The minimum absolute atomic E-state index is 0.0497. The zero-order valence-corrected chi connectivity index (χ0v) is 18.7.